The number of carbonyl (C=O) groups is 1. The predicted octanol–water partition coefficient (Wildman–Crippen LogP) is 2.04. The quantitative estimate of drug-likeness (QED) is 0.920. The number of aromatic nitrogens is 3. The van der Waals surface area contributed by atoms with Gasteiger partial charge in [0.25, 0.3) is 0 Å². The second-order valence-electron chi connectivity index (χ2n) is 3.57. The van der Waals surface area contributed by atoms with E-state index in [1.807, 2.05) is 0 Å². The van der Waals surface area contributed by atoms with Crippen LogP contribution in [0.1, 0.15) is 16.1 Å². The topological polar surface area (TPSA) is 73.8 Å². The van der Waals surface area contributed by atoms with Crippen molar-refractivity contribution in [2.45, 2.75) is 6.18 Å². The molecular formula is C10H6ClF3N4O. The van der Waals surface area contributed by atoms with Gasteiger partial charge >= 0.3 is 6.18 Å². The summed E-state index contributed by atoms with van der Waals surface area (Å²) >= 11 is 5.73. The fourth-order valence-electron chi connectivity index (χ4n) is 1.36. The predicted molar refractivity (Wildman–Crippen MR) is 59.9 cm³/mol. The summed E-state index contributed by atoms with van der Waals surface area (Å²) < 4.78 is 38.0. The zero-order chi connectivity index (χ0) is 14.2. The fourth-order valence-corrected chi connectivity index (χ4v) is 1.58. The molecule has 2 N–H and O–H groups in total. The Kier molecular flexibility index (Phi) is 3.19. The van der Waals surface area contributed by atoms with Crippen LogP contribution in [0.5, 0.6) is 0 Å². The van der Waals surface area contributed by atoms with Crippen LogP contribution in [-0.4, -0.2) is 20.9 Å². The lowest BCUT2D eigenvalue weighted by atomic mass is 10.2. The van der Waals surface area contributed by atoms with Crippen LogP contribution in [0.4, 0.5) is 13.2 Å². The third-order valence-electron chi connectivity index (χ3n) is 2.26. The first-order valence-corrected chi connectivity index (χ1v) is 5.26. The molecule has 5 nitrogen and oxygen atoms in total. The first-order chi connectivity index (χ1) is 8.79. The molecule has 0 unspecified atom stereocenters. The number of benzene rings is 1. The molecule has 0 spiro atoms. The van der Waals surface area contributed by atoms with Crippen molar-refractivity contribution in [3.63, 3.8) is 0 Å². The maximum Gasteiger partial charge on any atom is 0.436 e. The minimum Gasteiger partial charge on any atom is -0.366 e. The Morgan fingerprint density at radius 3 is 2.58 bits per heavy atom. The van der Waals surface area contributed by atoms with Crippen molar-refractivity contribution in [2.75, 3.05) is 0 Å². The monoisotopic (exact) mass is 290 g/mol. The molecule has 0 saturated heterocycles. The molecule has 0 aliphatic heterocycles. The molecule has 100 valence electrons. The smallest absolute Gasteiger partial charge is 0.366 e. The third-order valence-corrected chi connectivity index (χ3v) is 2.59. The van der Waals surface area contributed by atoms with Crippen molar-refractivity contribution in [2.24, 2.45) is 5.73 Å². The van der Waals surface area contributed by atoms with Gasteiger partial charge in [-0.3, -0.25) is 4.79 Å². The second-order valence-corrected chi connectivity index (χ2v) is 3.98. The number of amides is 1. The highest BCUT2D eigenvalue weighted by molar-refractivity contribution is 6.33. The number of rotatable bonds is 2. The van der Waals surface area contributed by atoms with E-state index in [2.05, 4.69) is 10.3 Å². The number of alkyl halides is 3. The largest absolute Gasteiger partial charge is 0.436 e. The SMILES string of the molecule is NC(=O)c1cc(-n2cc(C(F)(F)F)nn2)ccc1Cl. The molecule has 1 aromatic heterocycles. The fraction of sp³-hybridized carbons (Fsp3) is 0.100. The molecule has 0 saturated carbocycles. The summed E-state index contributed by atoms with van der Waals surface area (Å²) in [5.41, 5.74) is 4.14. The van der Waals surface area contributed by atoms with Crippen LogP contribution in [0, 0.1) is 0 Å². The maximum absolute atomic E-state index is 12.4. The van der Waals surface area contributed by atoms with Crippen molar-refractivity contribution in [1.29, 1.82) is 0 Å². The highest BCUT2D eigenvalue weighted by Gasteiger charge is 2.34. The highest BCUT2D eigenvalue weighted by atomic mass is 35.5. The van der Waals surface area contributed by atoms with Crippen LogP contribution >= 0.6 is 11.6 Å². The standard InChI is InChI=1S/C10H6ClF3N4O/c11-7-2-1-5(3-6(7)9(15)19)18-4-8(16-17-18)10(12,13)14/h1-4H,(H2,15,19). The van der Waals surface area contributed by atoms with Crippen molar-refractivity contribution in [1.82, 2.24) is 15.0 Å². The van der Waals surface area contributed by atoms with Crippen LogP contribution in [-0.2, 0) is 6.18 Å². The number of nitrogens with zero attached hydrogens (tertiary/aromatic N) is 3. The molecule has 9 heteroatoms. The number of hydrogen-bond donors (Lipinski definition) is 1. The van der Waals surface area contributed by atoms with Gasteiger partial charge in [-0.25, -0.2) is 4.68 Å². The molecule has 0 bridgehead atoms. The van der Waals surface area contributed by atoms with Crippen molar-refractivity contribution in [3.05, 3.63) is 40.7 Å². The van der Waals surface area contributed by atoms with Crippen LogP contribution in [0.25, 0.3) is 5.69 Å². The lowest BCUT2D eigenvalue weighted by Crippen LogP contribution is -2.12. The molecule has 2 aromatic rings. The zero-order valence-corrected chi connectivity index (χ0v) is 9.90. The molecule has 1 heterocycles. The maximum atomic E-state index is 12.4. The summed E-state index contributed by atoms with van der Waals surface area (Å²) in [7, 11) is 0. The van der Waals surface area contributed by atoms with Gasteiger partial charge in [0.1, 0.15) is 0 Å². The summed E-state index contributed by atoms with van der Waals surface area (Å²) in [4.78, 5) is 11.1. The molecule has 19 heavy (non-hydrogen) atoms. The van der Waals surface area contributed by atoms with Crippen LogP contribution in [0.2, 0.25) is 5.02 Å². The highest BCUT2D eigenvalue weighted by Crippen LogP contribution is 2.27. The number of carbonyl (C=O) groups excluding carboxylic acids is 1. The van der Waals surface area contributed by atoms with E-state index in [9.17, 15) is 18.0 Å². The second kappa shape index (κ2) is 4.54. The lowest BCUT2D eigenvalue weighted by Gasteiger charge is -2.04. The number of hydrogen-bond acceptors (Lipinski definition) is 3. The van der Waals surface area contributed by atoms with Gasteiger partial charge in [0.2, 0.25) is 5.91 Å². The minimum atomic E-state index is -4.59. The van der Waals surface area contributed by atoms with E-state index in [1.165, 1.54) is 18.2 Å². The molecule has 0 fully saturated rings. The van der Waals surface area contributed by atoms with Gasteiger partial charge in [0, 0.05) is 0 Å². The van der Waals surface area contributed by atoms with Gasteiger partial charge in [-0.1, -0.05) is 16.8 Å². The Labute approximate surface area is 109 Å². The normalized spacial score (nSPS) is 11.6. The number of primary amides is 1. The van der Waals surface area contributed by atoms with E-state index in [-0.39, 0.29) is 16.3 Å². The van der Waals surface area contributed by atoms with Crippen LogP contribution in [0.3, 0.4) is 0 Å². The van der Waals surface area contributed by atoms with E-state index >= 15 is 0 Å². The first kappa shape index (κ1) is 13.3. The van der Waals surface area contributed by atoms with Crippen LogP contribution in [0.15, 0.2) is 24.4 Å². The van der Waals surface area contributed by atoms with E-state index in [0.29, 0.717) is 6.20 Å². The summed E-state index contributed by atoms with van der Waals surface area (Å²) in [6.07, 6.45) is -3.88. The molecule has 2 rings (SSSR count). The van der Waals surface area contributed by atoms with Gasteiger partial charge in [-0.05, 0) is 18.2 Å². The average molecular weight is 291 g/mol. The number of nitrogens with two attached hydrogens (primary N) is 1. The summed E-state index contributed by atoms with van der Waals surface area (Å²) in [5, 5.41) is 6.44. The van der Waals surface area contributed by atoms with E-state index in [1.54, 1.807) is 0 Å². The minimum absolute atomic E-state index is 0.0109. The Hall–Kier alpha value is -2.09. The average Bonchev–Trinajstić information content (AvgIpc) is 2.78. The molecule has 0 aliphatic carbocycles. The Balaban J connectivity index is 2.45. The Morgan fingerprint density at radius 1 is 1.37 bits per heavy atom. The van der Waals surface area contributed by atoms with Crippen molar-refractivity contribution < 1.29 is 18.0 Å². The Bertz CT molecular complexity index is 638. The Morgan fingerprint density at radius 2 is 2.05 bits per heavy atom. The summed E-state index contributed by atoms with van der Waals surface area (Å²) in [6.45, 7) is 0. The van der Waals surface area contributed by atoms with Crippen LogP contribution < -0.4 is 5.73 Å². The van der Waals surface area contributed by atoms with Gasteiger partial charge in [0.05, 0.1) is 22.5 Å². The van der Waals surface area contributed by atoms with Gasteiger partial charge in [-0.15, -0.1) is 5.10 Å². The third kappa shape index (κ3) is 2.68. The van der Waals surface area contributed by atoms with E-state index in [0.717, 1.165) is 4.68 Å². The molecule has 1 amide bonds. The molecule has 1 aromatic carbocycles. The zero-order valence-electron chi connectivity index (χ0n) is 9.15. The lowest BCUT2D eigenvalue weighted by molar-refractivity contribution is -0.141. The van der Waals surface area contributed by atoms with E-state index < -0.39 is 17.8 Å². The summed E-state index contributed by atoms with van der Waals surface area (Å²) in [6, 6.07) is 3.97. The van der Waals surface area contributed by atoms with Crippen molar-refractivity contribution >= 4 is 17.5 Å². The molecule has 0 radical (unpaired) electrons. The van der Waals surface area contributed by atoms with Gasteiger partial charge < -0.3 is 5.73 Å². The van der Waals surface area contributed by atoms with Gasteiger partial charge in [0.15, 0.2) is 5.69 Å². The van der Waals surface area contributed by atoms with Crippen molar-refractivity contribution in [3.8, 4) is 5.69 Å². The molecular weight excluding hydrogens is 285 g/mol. The first-order valence-electron chi connectivity index (χ1n) is 4.88. The molecule has 0 aliphatic rings. The summed E-state index contributed by atoms with van der Waals surface area (Å²) in [5.74, 6) is -0.789. The number of halogens is 4. The van der Waals surface area contributed by atoms with E-state index in [4.69, 9.17) is 17.3 Å². The van der Waals surface area contributed by atoms with Gasteiger partial charge in [-0.2, -0.15) is 13.2 Å². The molecule has 0 atom stereocenters.